The molecule has 0 fully saturated rings. The van der Waals surface area contributed by atoms with Crippen LogP contribution in [-0.2, 0) is 11.2 Å². The summed E-state index contributed by atoms with van der Waals surface area (Å²) in [5, 5.41) is 5.84. The summed E-state index contributed by atoms with van der Waals surface area (Å²) in [6.45, 7) is 3.97. The van der Waals surface area contributed by atoms with Gasteiger partial charge >= 0.3 is 0 Å². The van der Waals surface area contributed by atoms with Crippen LogP contribution in [0, 0.1) is 13.8 Å². The Hall–Kier alpha value is -3.40. The molecular formula is C24H24N2O2. The van der Waals surface area contributed by atoms with Gasteiger partial charge in [-0.1, -0.05) is 66.2 Å². The molecule has 0 aliphatic carbocycles. The molecule has 0 radical (unpaired) electrons. The van der Waals surface area contributed by atoms with E-state index in [1.165, 1.54) is 0 Å². The number of rotatable bonds is 6. The second kappa shape index (κ2) is 9.00. The van der Waals surface area contributed by atoms with Crippen molar-refractivity contribution >= 4 is 17.5 Å². The lowest BCUT2D eigenvalue weighted by Crippen LogP contribution is -2.45. The Balaban J connectivity index is 1.80. The zero-order valence-electron chi connectivity index (χ0n) is 16.1. The first-order chi connectivity index (χ1) is 13.5. The summed E-state index contributed by atoms with van der Waals surface area (Å²) in [5.41, 5.74) is 4.38. The molecule has 142 valence electrons. The topological polar surface area (TPSA) is 58.2 Å². The highest BCUT2D eigenvalue weighted by Gasteiger charge is 2.22. The van der Waals surface area contributed by atoms with Gasteiger partial charge in [-0.15, -0.1) is 0 Å². The van der Waals surface area contributed by atoms with Crippen LogP contribution in [0.5, 0.6) is 0 Å². The summed E-state index contributed by atoms with van der Waals surface area (Å²) in [6.07, 6.45) is 0.413. The molecule has 1 unspecified atom stereocenters. The SMILES string of the molecule is Cc1ccc(NC(=O)C(Cc2ccccc2)NC(=O)c2ccccc2)c(C)c1. The molecule has 0 bridgehead atoms. The second-order valence-corrected chi connectivity index (χ2v) is 6.89. The van der Waals surface area contributed by atoms with Crippen LogP contribution in [0.3, 0.4) is 0 Å². The van der Waals surface area contributed by atoms with Gasteiger partial charge in [-0.3, -0.25) is 9.59 Å². The average molecular weight is 372 g/mol. The van der Waals surface area contributed by atoms with Crippen molar-refractivity contribution < 1.29 is 9.59 Å². The van der Waals surface area contributed by atoms with Crippen LogP contribution in [0.15, 0.2) is 78.9 Å². The standard InChI is InChI=1S/C24H24N2O2/c1-17-13-14-21(18(2)15-17)25-24(28)22(16-19-9-5-3-6-10-19)26-23(27)20-11-7-4-8-12-20/h3-15,22H,16H2,1-2H3,(H,25,28)(H,26,27). The molecule has 28 heavy (non-hydrogen) atoms. The van der Waals surface area contributed by atoms with Crippen LogP contribution in [0.4, 0.5) is 5.69 Å². The Morgan fingerprint density at radius 3 is 2.14 bits per heavy atom. The van der Waals surface area contributed by atoms with Gasteiger partial charge in [0, 0.05) is 17.7 Å². The highest BCUT2D eigenvalue weighted by atomic mass is 16.2. The number of nitrogens with one attached hydrogen (secondary N) is 2. The molecule has 0 aliphatic rings. The van der Waals surface area contributed by atoms with Crippen molar-refractivity contribution in [3.63, 3.8) is 0 Å². The fraction of sp³-hybridized carbons (Fsp3) is 0.167. The van der Waals surface area contributed by atoms with Crippen molar-refractivity contribution in [2.75, 3.05) is 5.32 Å². The Kier molecular flexibility index (Phi) is 6.22. The molecule has 4 nitrogen and oxygen atoms in total. The van der Waals surface area contributed by atoms with E-state index in [4.69, 9.17) is 0 Å². The number of carbonyl (C=O) groups excluding carboxylic acids is 2. The molecule has 2 amide bonds. The Morgan fingerprint density at radius 1 is 0.857 bits per heavy atom. The van der Waals surface area contributed by atoms with E-state index in [-0.39, 0.29) is 11.8 Å². The van der Waals surface area contributed by atoms with Crippen molar-refractivity contribution in [2.45, 2.75) is 26.3 Å². The van der Waals surface area contributed by atoms with Crippen LogP contribution in [0.25, 0.3) is 0 Å². The van der Waals surface area contributed by atoms with Crippen molar-refractivity contribution in [2.24, 2.45) is 0 Å². The number of carbonyl (C=O) groups is 2. The fourth-order valence-electron chi connectivity index (χ4n) is 3.06. The maximum absolute atomic E-state index is 13.0. The van der Waals surface area contributed by atoms with E-state index in [2.05, 4.69) is 10.6 Å². The molecule has 0 spiro atoms. The smallest absolute Gasteiger partial charge is 0.251 e. The number of benzene rings is 3. The van der Waals surface area contributed by atoms with Gasteiger partial charge in [-0.05, 0) is 43.2 Å². The second-order valence-electron chi connectivity index (χ2n) is 6.89. The van der Waals surface area contributed by atoms with Crippen molar-refractivity contribution in [3.8, 4) is 0 Å². The first kappa shape index (κ1) is 19.4. The zero-order valence-corrected chi connectivity index (χ0v) is 16.1. The maximum atomic E-state index is 13.0. The monoisotopic (exact) mass is 372 g/mol. The van der Waals surface area contributed by atoms with Crippen LogP contribution in [0.1, 0.15) is 27.0 Å². The first-order valence-electron chi connectivity index (χ1n) is 9.31. The predicted octanol–water partition coefficient (Wildman–Crippen LogP) is 4.28. The summed E-state index contributed by atoms with van der Waals surface area (Å²) in [4.78, 5) is 25.6. The third-order valence-electron chi connectivity index (χ3n) is 4.58. The van der Waals surface area contributed by atoms with Crippen LogP contribution >= 0.6 is 0 Å². The van der Waals surface area contributed by atoms with Gasteiger partial charge in [0.25, 0.3) is 5.91 Å². The number of hydrogen-bond donors (Lipinski definition) is 2. The molecule has 0 saturated heterocycles. The molecule has 4 heteroatoms. The average Bonchev–Trinajstić information content (AvgIpc) is 2.71. The minimum atomic E-state index is -0.684. The van der Waals surface area contributed by atoms with Crippen molar-refractivity contribution in [1.29, 1.82) is 0 Å². The molecule has 0 aliphatic heterocycles. The predicted molar refractivity (Wildman–Crippen MR) is 112 cm³/mol. The van der Waals surface area contributed by atoms with E-state index in [1.54, 1.807) is 24.3 Å². The van der Waals surface area contributed by atoms with Crippen LogP contribution < -0.4 is 10.6 Å². The first-order valence-corrected chi connectivity index (χ1v) is 9.31. The van der Waals surface area contributed by atoms with Gasteiger partial charge < -0.3 is 10.6 Å². The van der Waals surface area contributed by atoms with E-state index in [0.717, 1.165) is 22.4 Å². The van der Waals surface area contributed by atoms with Crippen molar-refractivity contribution in [3.05, 3.63) is 101 Å². The summed E-state index contributed by atoms with van der Waals surface area (Å²) >= 11 is 0. The van der Waals surface area contributed by atoms with Crippen LogP contribution in [-0.4, -0.2) is 17.9 Å². The van der Waals surface area contributed by atoms with Crippen LogP contribution in [0.2, 0.25) is 0 Å². The molecule has 0 aromatic heterocycles. The van der Waals surface area contributed by atoms with E-state index >= 15 is 0 Å². The molecule has 2 N–H and O–H groups in total. The molecular weight excluding hydrogens is 348 g/mol. The van der Waals surface area contributed by atoms with Gasteiger partial charge in [0.05, 0.1) is 0 Å². The van der Waals surface area contributed by atoms with E-state index < -0.39 is 6.04 Å². The number of aryl methyl sites for hydroxylation is 2. The van der Waals surface area contributed by atoms with E-state index in [1.807, 2.05) is 68.4 Å². The molecule has 1 atom stereocenters. The van der Waals surface area contributed by atoms with Gasteiger partial charge in [0.2, 0.25) is 5.91 Å². The minimum Gasteiger partial charge on any atom is -0.340 e. The molecule has 3 rings (SSSR count). The normalized spacial score (nSPS) is 11.5. The summed E-state index contributed by atoms with van der Waals surface area (Å²) < 4.78 is 0. The molecule has 3 aromatic carbocycles. The van der Waals surface area contributed by atoms with E-state index in [0.29, 0.717) is 12.0 Å². The van der Waals surface area contributed by atoms with Gasteiger partial charge in [-0.2, -0.15) is 0 Å². The molecule has 3 aromatic rings. The van der Waals surface area contributed by atoms with E-state index in [9.17, 15) is 9.59 Å². The Labute approximate surface area is 165 Å². The fourth-order valence-corrected chi connectivity index (χ4v) is 3.06. The maximum Gasteiger partial charge on any atom is 0.251 e. The largest absolute Gasteiger partial charge is 0.340 e. The third kappa shape index (κ3) is 5.07. The molecule has 0 heterocycles. The third-order valence-corrected chi connectivity index (χ3v) is 4.58. The number of anilines is 1. The Bertz CT molecular complexity index is 953. The highest BCUT2D eigenvalue weighted by molar-refractivity contribution is 6.01. The summed E-state index contributed by atoms with van der Waals surface area (Å²) in [6, 6.07) is 23.8. The molecule has 0 saturated carbocycles. The highest BCUT2D eigenvalue weighted by Crippen LogP contribution is 2.17. The zero-order chi connectivity index (χ0) is 19.9. The summed E-state index contributed by atoms with van der Waals surface area (Å²) in [7, 11) is 0. The van der Waals surface area contributed by atoms with Gasteiger partial charge in [0.1, 0.15) is 6.04 Å². The van der Waals surface area contributed by atoms with Crippen molar-refractivity contribution in [1.82, 2.24) is 5.32 Å². The lowest BCUT2D eigenvalue weighted by atomic mass is 10.0. The Morgan fingerprint density at radius 2 is 1.50 bits per heavy atom. The van der Waals surface area contributed by atoms with Gasteiger partial charge in [0.15, 0.2) is 0 Å². The summed E-state index contributed by atoms with van der Waals surface area (Å²) in [5.74, 6) is -0.502. The van der Waals surface area contributed by atoms with Gasteiger partial charge in [-0.25, -0.2) is 0 Å². The number of hydrogen-bond acceptors (Lipinski definition) is 2. The lowest BCUT2D eigenvalue weighted by molar-refractivity contribution is -0.118. The lowest BCUT2D eigenvalue weighted by Gasteiger charge is -2.20. The quantitative estimate of drug-likeness (QED) is 0.678. The minimum absolute atomic E-state index is 0.236. The number of amides is 2.